The maximum atomic E-state index is 8.17. The number of halogens is 1. The van der Waals surface area contributed by atoms with Crippen LogP contribution in [-0.4, -0.2) is 24.9 Å². The number of amidine groups is 1. The van der Waals surface area contributed by atoms with Crippen LogP contribution < -0.4 is 14.4 Å². The van der Waals surface area contributed by atoms with Crippen LogP contribution in [0.1, 0.15) is 13.8 Å². The van der Waals surface area contributed by atoms with Gasteiger partial charge in [-0.1, -0.05) is 0 Å². The third kappa shape index (κ3) is 4.39. The monoisotopic (exact) mass is 332 g/mol. The van der Waals surface area contributed by atoms with Crippen molar-refractivity contribution in [3.05, 3.63) is 48.5 Å². The van der Waals surface area contributed by atoms with E-state index in [-0.39, 0.29) is 5.88 Å². The third-order valence-electron chi connectivity index (χ3n) is 3.21. The molecule has 122 valence electrons. The van der Waals surface area contributed by atoms with Crippen molar-refractivity contribution in [2.75, 3.05) is 24.0 Å². The van der Waals surface area contributed by atoms with Crippen molar-refractivity contribution in [2.24, 2.45) is 0 Å². The SMILES string of the molecule is CCOc1ccc(N(C(=N)CCl)c2ccc(OCC)cc2)cc1. The molecule has 2 rings (SSSR count). The fourth-order valence-corrected chi connectivity index (χ4v) is 2.36. The first-order valence-corrected chi connectivity index (χ1v) is 8.12. The van der Waals surface area contributed by atoms with E-state index in [2.05, 4.69) is 0 Å². The number of alkyl halides is 1. The van der Waals surface area contributed by atoms with Gasteiger partial charge in [0.05, 0.1) is 19.1 Å². The molecule has 0 saturated carbocycles. The number of hydrogen-bond donors (Lipinski definition) is 1. The highest BCUT2D eigenvalue weighted by atomic mass is 35.5. The summed E-state index contributed by atoms with van der Waals surface area (Å²) < 4.78 is 10.9. The lowest BCUT2D eigenvalue weighted by molar-refractivity contribution is 0.340. The highest BCUT2D eigenvalue weighted by Gasteiger charge is 2.14. The summed E-state index contributed by atoms with van der Waals surface area (Å²) in [6, 6.07) is 15.2. The minimum atomic E-state index is 0.125. The van der Waals surface area contributed by atoms with Gasteiger partial charge in [0, 0.05) is 11.4 Å². The average Bonchev–Trinajstić information content (AvgIpc) is 2.58. The molecule has 0 atom stereocenters. The summed E-state index contributed by atoms with van der Waals surface area (Å²) in [4.78, 5) is 1.80. The summed E-state index contributed by atoms with van der Waals surface area (Å²) in [5, 5.41) is 8.17. The topological polar surface area (TPSA) is 45.5 Å². The molecule has 0 radical (unpaired) electrons. The first-order valence-electron chi connectivity index (χ1n) is 7.58. The predicted molar refractivity (Wildman–Crippen MR) is 95.8 cm³/mol. The lowest BCUT2D eigenvalue weighted by atomic mass is 10.2. The van der Waals surface area contributed by atoms with Crippen LogP contribution in [0.3, 0.4) is 0 Å². The molecular weight excluding hydrogens is 312 g/mol. The largest absolute Gasteiger partial charge is 0.494 e. The summed E-state index contributed by atoms with van der Waals surface area (Å²) in [7, 11) is 0. The van der Waals surface area contributed by atoms with Gasteiger partial charge < -0.3 is 9.47 Å². The van der Waals surface area contributed by atoms with Crippen molar-refractivity contribution < 1.29 is 9.47 Å². The smallest absolute Gasteiger partial charge is 0.120 e. The van der Waals surface area contributed by atoms with Crippen molar-refractivity contribution in [3.8, 4) is 11.5 Å². The van der Waals surface area contributed by atoms with Crippen molar-refractivity contribution in [1.29, 1.82) is 5.41 Å². The second-order valence-corrected chi connectivity index (χ2v) is 5.04. The van der Waals surface area contributed by atoms with E-state index in [0.717, 1.165) is 22.9 Å². The molecule has 1 N–H and O–H groups in total. The average molecular weight is 333 g/mol. The Morgan fingerprint density at radius 1 is 0.870 bits per heavy atom. The van der Waals surface area contributed by atoms with E-state index in [4.69, 9.17) is 26.5 Å². The van der Waals surface area contributed by atoms with Gasteiger partial charge in [0.2, 0.25) is 0 Å². The summed E-state index contributed by atoms with van der Waals surface area (Å²) >= 11 is 5.89. The van der Waals surface area contributed by atoms with Crippen LogP contribution in [-0.2, 0) is 0 Å². The number of anilines is 2. The first-order chi connectivity index (χ1) is 11.2. The molecule has 0 heterocycles. The Bertz CT molecular complexity index is 577. The van der Waals surface area contributed by atoms with Crippen molar-refractivity contribution in [3.63, 3.8) is 0 Å². The van der Waals surface area contributed by atoms with Crippen LogP contribution in [0.5, 0.6) is 11.5 Å². The van der Waals surface area contributed by atoms with Gasteiger partial charge in [-0.2, -0.15) is 0 Å². The molecule has 0 aliphatic heterocycles. The summed E-state index contributed by atoms with van der Waals surface area (Å²) in [6.45, 7) is 5.14. The molecule has 0 bridgehead atoms. The van der Waals surface area contributed by atoms with Gasteiger partial charge in [-0.25, -0.2) is 0 Å². The van der Waals surface area contributed by atoms with Gasteiger partial charge in [0.15, 0.2) is 0 Å². The first kappa shape index (κ1) is 17.2. The van der Waals surface area contributed by atoms with Crippen LogP contribution in [0.4, 0.5) is 11.4 Å². The zero-order valence-corrected chi connectivity index (χ0v) is 14.1. The standard InChI is InChI=1S/C18H21ClN2O2/c1-3-22-16-9-5-14(6-10-16)21(18(20)13-19)15-7-11-17(12-8-15)23-4-2/h5-12,20H,3-4,13H2,1-2H3. The van der Waals surface area contributed by atoms with E-state index in [0.29, 0.717) is 19.0 Å². The Kier molecular flexibility index (Phi) is 6.29. The fourth-order valence-electron chi connectivity index (χ4n) is 2.24. The molecule has 0 aromatic heterocycles. The molecule has 5 heteroatoms. The van der Waals surface area contributed by atoms with Crippen molar-refractivity contribution in [1.82, 2.24) is 0 Å². The molecule has 23 heavy (non-hydrogen) atoms. The van der Waals surface area contributed by atoms with E-state index >= 15 is 0 Å². The van der Waals surface area contributed by atoms with Gasteiger partial charge >= 0.3 is 0 Å². The van der Waals surface area contributed by atoms with Crippen LogP contribution >= 0.6 is 11.6 Å². The number of benzene rings is 2. The summed E-state index contributed by atoms with van der Waals surface area (Å²) in [5.41, 5.74) is 1.73. The number of nitrogens with zero attached hydrogens (tertiary/aromatic N) is 1. The Morgan fingerprint density at radius 2 is 1.26 bits per heavy atom. The fraction of sp³-hybridized carbons (Fsp3) is 0.278. The molecule has 4 nitrogen and oxygen atoms in total. The molecule has 0 amide bonds. The molecule has 0 unspecified atom stereocenters. The zero-order valence-electron chi connectivity index (χ0n) is 13.4. The predicted octanol–water partition coefficient (Wildman–Crippen LogP) is 4.84. The highest BCUT2D eigenvalue weighted by Crippen LogP contribution is 2.29. The molecule has 0 fully saturated rings. The van der Waals surface area contributed by atoms with E-state index in [1.54, 1.807) is 4.90 Å². The van der Waals surface area contributed by atoms with Crippen LogP contribution in [0.2, 0.25) is 0 Å². The second-order valence-electron chi connectivity index (χ2n) is 4.77. The van der Waals surface area contributed by atoms with Gasteiger partial charge in [0.25, 0.3) is 0 Å². The van der Waals surface area contributed by atoms with Crippen LogP contribution in [0, 0.1) is 5.41 Å². The normalized spacial score (nSPS) is 10.2. The summed E-state index contributed by atoms with van der Waals surface area (Å²) in [6.07, 6.45) is 0. The molecule has 2 aromatic carbocycles. The van der Waals surface area contributed by atoms with Crippen LogP contribution in [0.25, 0.3) is 0 Å². The van der Waals surface area contributed by atoms with Gasteiger partial charge in [-0.15, -0.1) is 11.6 Å². The molecule has 0 spiro atoms. The Morgan fingerprint density at radius 3 is 1.57 bits per heavy atom. The molecule has 0 aliphatic rings. The molecular formula is C18H21ClN2O2. The van der Waals surface area contributed by atoms with Crippen LogP contribution in [0.15, 0.2) is 48.5 Å². The lowest BCUT2D eigenvalue weighted by Gasteiger charge is -2.25. The maximum Gasteiger partial charge on any atom is 0.120 e. The lowest BCUT2D eigenvalue weighted by Crippen LogP contribution is -2.26. The number of ether oxygens (including phenoxy) is 2. The third-order valence-corrected chi connectivity index (χ3v) is 3.46. The number of rotatable bonds is 7. The Labute approximate surface area is 142 Å². The van der Waals surface area contributed by atoms with E-state index in [9.17, 15) is 0 Å². The Balaban J connectivity index is 2.31. The number of nitrogens with one attached hydrogen (secondary N) is 1. The van der Waals surface area contributed by atoms with E-state index < -0.39 is 0 Å². The van der Waals surface area contributed by atoms with Crippen molar-refractivity contribution >= 4 is 28.8 Å². The minimum absolute atomic E-state index is 0.125. The summed E-state index contributed by atoms with van der Waals surface area (Å²) in [5.74, 6) is 2.04. The quantitative estimate of drug-likeness (QED) is 0.448. The molecule has 0 saturated heterocycles. The van der Waals surface area contributed by atoms with Gasteiger partial charge in [-0.05, 0) is 62.4 Å². The van der Waals surface area contributed by atoms with E-state index in [1.807, 2.05) is 62.4 Å². The van der Waals surface area contributed by atoms with E-state index in [1.165, 1.54) is 0 Å². The molecule has 0 aliphatic carbocycles. The Hall–Kier alpha value is -2.20. The van der Waals surface area contributed by atoms with Gasteiger partial charge in [0.1, 0.15) is 17.3 Å². The highest BCUT2D eigenvalue weighted by molar-refractivity contribution is 6.31. The maximum absolute atomic E-state index is 8.17. The zero-order chi connectivity index (χ0) is 16.7. The van der Waals surface area contributed by atoms with Crippen molar-refractivity contribution in [2.45, 2.75) is 13.8 Å². The molecule has 2 aromatic rings. The second kappa shape index (κ2) is 8.44. The van der Waals surface area contributed by atoms with Gasteiger partial charge in [-0.3, -0.25) is 10.3 Å². The number of hydrogen-bond acceptors (Lipinski definition) is 3. The minimum Gasteiger partial charge on any atom is -0.494 e.